The van der Waals surface area contributed by atoms with Gasteiger partial charge in [0.25, 0.3) is 0 Å². The number of hydrogen-bond acceptors (Lipinski definition) is 6. The molecule has 0 radical (unpaired) electrons. The molecule has 0 N–H and O–H groups in total. The fourth-order valence-electron chi connectivity index (χ4n) is 4.62. The third kappa shape index (κ3) is 3.31. The van der Waals surface area contributed by atoms with Crippen LogP contribution in [0.2, 0.25) is 0 Å². The summed E-state index contributed by atoms with van der Waals surface area (Å²) in [5.41, 5.74) is 4.11. The van der Waals surface area contributed by atoms with Crippen LogP contribution in [0.4, 0.5) is 5.82 Å². The van der Waals surface area contributed by atoms with E-state index < -0.39 is 0 Å². The first-order chi connectivity index (χ1) is 15.1. The second-order valence-corrected chi connectivity index (χ2v) is 8.20. The fourth-order valence-corrected chi connectivity index (χ4v) is 4.62. The summed E-state index contributed by atoms with van der Waals surface area (Å²) in [7, 11) is 0. The van der Waals surface area contributed by atoms with Gasteiger partial charge in [-0.05, 0) is 30.7 Å². The molecule has 2 aromatic heterocycles. The SMILES string of the molecule is Cc1cc(N2CCN(CCN3C(=O)CCC3=O)CC2)n2c(nc3ccccc32)c1C#N. The number of fused-ring (bicyclic) bond motifs is 3. The summed E-state index contributed by atoms with van der Waals surface area (Å²) < 4.78 is 2.10. The minimum Gasteiger partial charge on any atom is -0.355 e. The Morgan fingerprint density at radius 1 is 1.03 bits per heavy atom. The lowest BCUT2D eigenvalue weighted by Crippen LogP contribution is -2.49. The number of amides is 2. The van der Waals surface area contributed by atoms with E-state index in [0.29, 0.717) is 37.1 Å². The van der Waals surface area contributed by atoms with Crippen molar-refractivity contribution in [2.75, 3.05) is 44.2 Å². The van der Waals surface area contributed by atoms with E-state index >= 15 is 0 Å². The van der Waals surface area contributed by atoms with E-state index in [-0.39, 0.29) is 11.8 Å². The number of hydrogen-bond donors (Lipinski definition) is 0. The average Bonchev–Trinajstić information content (AvgIpc) is 3.32. The first-order valence-corrected chi connectivity index (χ1v) is 10.7. The fraction of sp³-hybridized carbons (Fsp3) is 0.391. The van der Waals surface area contributed by atoms with Crippen molar-refractivity contribution in [3.63, 3.8) is 0 Å². The van der Waals surface area contributed by atoms with Crippen molar-refractivity contribution in [3.8, 4) is 6.07 Å². The van der Waals surface area contributed by atoms with Crippen LogP contribution in [0, 0.1) is 18.3 Å². The summed E-state index contributed by atoms with van der Waals surface area (Å²) in [6.45, 7) is 6.50. The molecule has 2 fully saturated rings. The van der Waals surface area contributed by atoms with Gasteiger partial charge in [0.2, 0.25) is 11.8 Å². The maximum absolute atomic E-state index is 11.8. The van der Waals surface area contributed by atoms with Gasteiger partial charge in [-0.2, -0.15) is 5.26 Å². The van der Waals surface area contributed by atoms with Crippen LogP contribution >= 0.6 is 0 Å². The second kappa shape index (κ2) is 7.67. The molecule has 31 heavy (non-hydrogen) atoms. The molecule has 2 aliphatic rings. The van der Waals surface area contributed by atoms with Gasteiger partial charge in [-0.25, -0.2) is 4.98 Å². The van der Waals surface area contributed by atoms with Gasteiger partial charge >= 0.3 is 0 Å². The Labute approximate surface area is 180 Å². The smallest absolute Gasteiger partial charge is 0.229 e. The van der Waals surface area contributed by atoms with Crippen LogP contribution in [0.1, 0.15) is 24.0 Å². The van der Waals surface area contributed by atoms with E-state index in [1.807, 2.05) is 31.2 Å². The zero-order valence-corrected chi connectivity index (χ0v) is 17.5. The molecule has 5 rings (SSSR count). The van der Waals surface area contributed by atoms with Gasteiger partial charge in [0, 0.05) is 52.1 Å². The number of imidazole rings is 1. The predicted octanol–water partition coefficient (Wildman–Crippen LogP) is 1.94. The maximum Gasteiger partial charge on any atom is 0.229 e. The molecule has 2 amide bonds. The number of imide groups is 1. The highest BCUT2D eigenvalue weighted by molar-refractivity contribution is 6.01. The highest BCUT2D eigenvalue weighted by Gasteiger charge is 2.29. The number of piperazine rings is 1. The molecule has 158 valence electrons. The average molecular weight is 416 g/mol. The topological polar surface area (TPSA) is 84.9 Å². The normalized spacial score (nSPS) is 17.8. The van der Waals surface area contributed by atoms with Crippen LogP contribution in [0.3, 0.4) is 0 Å². The lowest BCUT2D eigenvalue weighted by Gasteiger charge is -2.37. The molecule has 2 aliphatic heterocycles. The van der Waals surface area contributed by atoms with Gasteiger partial charge in [0.1, 0.15) is 11.9 Å². The number of rotatable bonds is 4. The molecular weight excluding hydrogens is 392 g/mol. The molecule has 0 saturated carbocycles. The first kappa shape index (κ1) is 19.5. The lowest BCUT2D eigenvalue weighted by molar-refractivity contribution is -0.138. The molecule has 0 atom stereocenters. The minimum absolute atomic E-state index is 0.0499. The van der Waals surface area contributed by atoms with Crippen LogP contribution in [0.5, 0.6) is 0 Å². The molecule has 0 aliphatic carbocycles. The number of aromatic nitrogens is 2. The van der Waals surface area contributed by atoms with Crippen molar-refractivity contribution in [1.82, 2.24) is 19.2 Å². The van der Waals surface area contributed by atoms with Crippen LogP contribution < -0.4 is 4.90 Å². The standard InChI is InChI=1S/C23H24N6O2/c1-16-14-20(29-19-5-3-2-4-18(19)25-23(29)17(16)15-24)27-11-8-26(9-12-27)10-13-28-21(30)6-7-22(28)31/h2-5,14H,6-13H2,1H3. The van der Waals surface area contributed by atoms with Crippen LogP contribution in [0.25, 0.3) is 16.7 Å². The van der Waals surface area contributed by atoms with E-state index in [9.17, 15) is 14.9 Å². The summed E-state index contributed by atoms with van der Waals surface area (Å²) >= 11 is 0. The van der Waals surface area contributed by atoms with Crippen molar-refractivity contribution in [1.29, 1.82) is 5.26 Å². The summed E-state index contributed by atoms with van der Waals surface area (Å²) in [4.78, 5) is 34.4. The quantitative estimate of drug-likeness (QED) is 0.605. The first-order valence-electron chi connectivity index (χ1n) is 10.7. The Balaban J connectivity index is 1.38. The van der Waals surface area contributed by atoms with Crippen LogP contribution in [-0.4, -0.2) is 70.3 Å². The van der Waals surface area contributed by atoms with E-state index in [0.717, 1.165) is 48.6 Å². The number of carbonyl (C=O) groups is 2. The summed E-state index contributed by atoms with van der Waals surface area (Å²) in [5.74, 6) is 0.946. The van der Waals surface area contributed by atoms with Crippen LogP contribution in [-0.2, 0) is 9.59 Å². The summed E-state index contributed by atoms with van der Waals surface area (Å²) in [6.07, 6.45) is 0.693. The number of para-hydroxylation sites is 2. The highest BCUT2D eigenvalue weighted by Crippen LogP contribution is 2.29. The van der Waals surface area contributed by atoms with Gasteiger partial charge in [0.15, 0.2) is 5.65 Å². The minimum atomic E-state index is -0.0499. The van der Waals surface area contributed by atoms with Crippen molar-refractivity contribution < 1.29 is 9.59 Å². The molecule has 0 unspecified atom stereocenters. The largest absolute Gasteiger partial charge is 0.355 e. The highest BCUT2D eigenvalue weighted by atomic mass is 16.2. The molecule has 4 heterocycles. The van der Waals surface area contributed by atoms with Crippen molar-refractivity contribution in [3.05, 3.63) is 41.5 Å². The van der Waals surface area contributed by atoms with Crippen molar-refractivity contribution >= 4 is 34.3 Å². The zero-order chi connectivity index (χ0) is 21.5. The summed E-state index contributed by atoms with van der Waals surface area (Å²) in [6, 6.07) is 12.4. The second-order valence-electron chi connectivity index (χ2n) is 8.20. The third-order valence-corrected chi connectivity index (χ3v) is 6.36. The Bertz CT molecular complexity index is 1220. The Kier molecular flexibility index (Phi) is 4.83. The maximum atomic E-state index is 11.8. The number of carbonyl (C=O) groups excluding carboxylic acids is 2. The van der Waals surface area contributed by atoms with Crippen molar-refractivity contribution in [2.24, 2.45) is 0 Å². The number of likely N-dealkylation sites (tertiary alicyclic amines) is 1. The van der Waals surface area contributed by atoms with Crippen molar-refractivity contribution in [2.45, 2.75) is 19.8 Å². The van der Waals surface area contributed by atoms with E-state index in [1.54, 1.807) is 0 Å². The molecule has 0 spiro atoms. The Hall–Kier alpha value is -3.44. The molecule has 8 nitrogen and oxygen atoms in total. The molecule has 8 heteroatoms. The van der Waals surface area contributed by atoms with E-state index in [2.05, 4.69) is 26.3 Å². The molecule has 1 aromatic carbocycles. The molecular formula is C23H24N6O2. The van der Waals surface area contributed by atoms with Crippen LogP contribution in [0.15, 0.2) is 30.3 Å². The van der Waals surface area contributed by atoms with Gasteiger partial charge in [-0.15, -0.1) is 0 Å². The lowest BCUT2D eigenvalue weighted by atomic mass is 10.1. The van der Waals surface area contributed by atoms with Gasteiger partial charge in [0.05, 0.1) is 16.6 Å². The predicted molar refractivity (Wildman–Crippen MR) is 117 cm³/mol. The molecule has 0 bridgehead atoms. The van der Waals surface area contributed by atoms with E-state index in [1.165, 1.54) is 4.90 Å². The number of aryl methyl sites for hydroxylation is 1. The monoisotopic (exact) mass is 416 g/mol. The Morgan fingerprint density at radius 3 is 2.45 bits per heavy atom. The number of nitriles is 1. The number of nitrogens with zero attached hydrogens (tertiary/aromatic N) is 6. The molecule has 3 aromatic rings. The Morgan fingerprint density at radius 2 is 1.74 bits per heavy atom. The van der Waals surface area contributed by atoms with Gasteiger partial charge in [-0.3, -0.25) is 23.8 Å². The van der Waals surface area contributed by atoms with Gasteiger partial charge < -0.3 is 4.90 Å². The molecule has 2 saturated heterocycles. The number of anilines is 1. The summed E-state index contributed by atoms with van der Waals surface area (Å²) in [5, 5.41) is 9.69. The van der Waals surface area contributed by atoms with Gasteiger partial charge in [-0.1, -0.05) is 12.1 Å². The number of pyridine rings is 1. The third-order valence-electron chi connectivity index (χ3n) is 6.36. The number of benzene rings is 1. The zero-order valence-electron chi connectivity index (χ0n) is 17.5. The van der Waals surface area contributed by atoms with E-state index in [4.69, 9.17) is 4.98 Å².